The maximum absolute atomic E-state index is 13.0. The van der Waals surface area contributed by atoms with Crippen molar-refractivity contribution in [3.8, 4) is 0 Å². The first-order chi connectivity index (χ1) is 10.1. The summed E-state index contributed by atoms with van der Waals surface area (Å²) in [5.41, 5.74) is 5.67. The minimum absolute atomic E-state index is 0.104. The standard InChI is InChI=1S/C16H29N3O2/c1-14(20)18-9-6-10-19(12-11-18)15(21)16(13-17)7-4-2-3-5-8-16/h2-13,17H2,1H3. The van der Waals surface area contributed by atoms with E-state index in [1.54, 1.807) is 6.92 Å². The Morgan fingerprint density at radius 2 is 1.48 bits per heavy atom. The molecule has 120 valence electrons. The predicted octanol–water partition coefficient (Wildman–Crippen LogP) is 1.37. The summed E-state index contributed by atoms with van der Waals surface area (Å²) in [6, 6.07) is 0. The summed E-state index contributed by atoms with van der Waals surface area (Å²) in [6.45, 7) is 4.88. The van der Waals surface area contributed by atoms with E-state index < -0.39 is 0 Å². The van der Waals surface area contributed by atoms with Crippen LogP contribution >= 0.6 is 0 Å². The van der Waals surface area contributed by atoms with E-state index in [0.29, 0.717) is 19.6 Å². The molecule has 0 aromatic carbocycles. The molecule has 0 unspecified atom stereocenters. The Balaban J connectivity index is 2.05. The van der Waals surface area contributed by atoms with E-state index in [2.05, 4.69) is 0 Å². The number of amides is 2. The average Bonchev–Trinajstić information content (AvgIpc) is 2.87. The Morgan fingerprint density at radius 1 is 0.905 bits per heavy atom. The van der Waals surface area contributed by atoms with Gasteiger partial charge in [0.2, 0.25) is 11.8 Å². The zero-order chi connectivity index (χ0) is 15.3. The van der Waals surface area contributed by atoms with Crippen molar-refractivity contribution in [3.63, 3.8) is 0 Å². The summed E-state index contributed by atoms with van der Waals surface area (Å²) in [4.78, 5) is 28.3. The van der Waals surface area contributed by atoms with E-state index in [9.17, 15) is 9.59 Å². The second-order valence-corrected chi connectivity index (χ2v) is 6.55. The lowest BCUT2D eigenvalue weighted by Gasteiger charge is -2.35. The molecule has 2 fully saturated rings. The van der Waals surface area contributed by atoms with Crippen LogP contribution in [0.4, 0.5) is 0 Å². The van der Waals surface area contributed by atoms with Gasteiger partial charge in [0.25, 0.3) is 0 Å². The largest absolute Gasteiger partial charge is 0.341 e. The van der Waals surface area contributed by atoms with E-state index in [1.807, 2.05) is 9.80 Å². The van der Waals surface area contributed by atoms with Crippen molar-refractivity contribution in [1.29, 1.82) is 0 Å². The molecule has 0 spiro atoms. The highest BCUT2D eigenvalue weighted by Gasteiger charge is 2.40. The van der Waals surface area contributed by atoms with Gasteiger partial charge in [-0.3, -0.25) is 9.59 Å². The van der Waals surface area contributed by atoms with E-state index in [4.69, 9.17) is 5.73 Å². The van der Waals surface area contributed by atoms with Gasteiger partial charge in [0.15, 0.2) is 0 Å². The third-order valence-corrected chi connectivity index (χ3v) is 5.13. The van der Waals surface area contributed by atoms with Gasteiger partial charge in [0, 0.05) is 39.6 Å². The number of hydrogen-bond acceptors (Lipinski definition) is 3. The van der Waals surface area contributed by atoms with Crippen LogP contribution in [0, 0.1) is 5.41 Å². The molecule has 21 heavy (non-hydrogen) atoms. The lowest BCUT2D eigenvalue weighted by molar-refractivity contribution is -0.142. The summed E-state index contributed by atoms with van der Waals surface area (Å²) >= 11 is 0. The first-order valence-corrected chi connectivity index (χ1v) is 8.34. The molecule has 5 nitrogen and oxygen atoms in total. The lowest BCUT2D eigenvalue weighted by Crippen LogP contribution is -2.49. The summed E-state index contributed by atoms with van der Waals surface area (Å²) < 4.78 is 0. The summed E-state index contributed by atoms with van der Waals surface area (Å²) in [5.74, 6) is 0.338. The minimum Gasteiger partial charge on any atom is -0.341 e. The Labute approximate surface area is 127 Å². The molecule has 0 aromatic rings. The topological polar surface area (TPSA) is 66.6 Å². The van der Waals surface area contributed by atoms with Crippen LogP contribution in [0.15, 0.2) is 0 Å². The van der Waals surface area contributed by atoms with E-state index in [0.717, 1.165) is 45.2 Å². The van der Waals surface area contributed by atoms with Crippen molar-refractivity contribution in [3.05, 3.63) is 0 Å². The zero-order valence-corrected chi connectivity index (χ0v) is 13.3. The molecule has 2 rings (SSSR count). The first-order valence-electron chi connectivity index (χ1n) is 8.34. The molecule has 0 aromatic heterocycles. The fourth-order valence-electron chi connectivity index (χ4n) is 3.68. The lowest BCUT2D eigenvalue weighted by atomic mass is 9.79. The number of hydrogen-bond donors (Lipinski definition) is 1. The molecule has 1 aliphatic carbocycles. The van der Waals surface area contributed by atoms with Gasteiger partial charge in [-0.2, -0.15) is 0 Å². The van der Waals surface area contributed by atoms with Gasteiger partial charge in [-0.25, -0.2) is 0 Å². The minimum atomic E-state index is -0.345. The third kappa shape index (κ3) is 3.76. The number of carbonyl (C=O) groups excluding carboxylic acids is 2. The summed E-state index contributed by atoms with van der Waals surface area (Å²) in [7, 11) is 0. The highest BCUT2D eigenvalue weighted by atomic mass is 16.2. The monoisotopic (exact) mass is 295 g/mol. The first kappa shape index (κ1) is 16.3. The Bertz CT molecular complexity index is 376. The maximum atomic E-state index is 13.0. The molecule has 2 aliphatic rings. The van der Waals surface area contributed by atoms with E-state index in [1.165, 1.54) is 12.8 Å². The van der Waals surface area contributed by atoms with Gasteiger partial charge in [0.1, 0.15) is 0 Å². The van der Waals surface area contributed by atoms with Crippen molar-refractivity contribution in [2.24, 2.45) is 11.1 Å². The van der Waals surface area contributed by atoms with E-state index in [-0.39, 0.29) is 17.2 Å². The summed E-state index contributed by atoms with van der Waals surface area (Å²) in [6.07, 6.45) is 7.36. The third-order valence-electron chi connectivity index (χ3n) is 5.13. The number of carbonyl (C=O) groups is 2. The second-order valence-electron chi connectivity index (χ2n) is 6.55. The zero-order valence-electron chi connectivity index (χ0n) is 13.3. The van der Waals surface area contributed by atoms with Crippen LogP contribution in [-0.4, -0.2) is 54.3 Å². The molecule has 1 aliphatic heterocycles. The fourth-order valence-corrected chi connectivity index (χ4v) is 3.68. The van der Waals surface area contributed by atoms with Gasteiger partial charge in [-0.15, -0.1) is 0 Å². The predicted molar refractivity (Wildman–Crippen MR) is 82.6 cm³/mol. The quantitative estimate of drug-likeness (QED) is 0.782. The molecule has 2 N–H and O–H groups in total. The van der Waals surface area contributed by atoms with Crippen molar-refractivity contribution in [2.75, 3.05) is 32.7 Å². The molecular formula is C16H29N3O2. The van der Waals surface area contributed by atoms with Gasteiger partial charge in [-0.1, -0.05) is 25.7 Å². The van der Waals surface area contributed by atoms with Crippen molar-refractivity contribution in [2.45, 2.75) is 51.9 Å². The van der Waals surface area contributed by atoms with Crippen LogP contribution in [0.25, 0.3) is 0 Å². The van der Waals surface area contributed by atoms with Crippen LogP contribution in [0.5, 0.6) is 0 Å². The van der Waals surface area contributed by atoms with Crippen molar-refractivity contribution < 1.29 is 9.59 Å². The van der Waals surface area contributed by atoms with Gasteiger partial charge < -0.3 is 15.5 Å². The molecular weight excluding hydrogens is 266 g/mol. The van der Waals surface area contributed by atoms with Crippen LogP contribution in [0.2, 0.25) is 0 Å². The number of nitrogens with two attached hydrogens (primary N) is 1. The molecule has 1 saturated carbocycles. The molecule has 0 atom stereocenters. The Morgan fingerprint density at radius 3 is 2.05 bits per heavy atom. The highest BCUT2D eigenvalue weighted by Crippen LogP contribution is 2.36. The van der Waals surface area contributed by atoms with Gasteiger partial charge in [0.05, 0.1) is 5.41 Å². The smallest absolute Gasteiger partial charge is 0.230 e. The average molecular weight is 295 g/mol. The second kappa shape index (κ2) is 7.25. The fraction of sp³-hybridized carbons (Fsp3) is 0.875. The van der Waals surface area contributed by atoms with Crippen LogP contribution in [0.1, 0.15) is 51.9 Å². The number of rotatable bonds is 2. The highest BCUT2D eigenvalue weighted by molar-refractivity contribution is 5.83. The van der Waals surface area contributed by atoms with Crippen molar-refractivity contribution in [1.82, 2.24) is 9.80 Å². The normalized spacial score (nSPS) is 23.3. The Kier molecular flexibility index (Phi) is 5.62. The molecule has 1 heterocycles. The SMILES string of the molecule is CC(=O)N1CCCN(C(=O)C2(CN)CCCCCC2)CC1. The molecule has 1 saturated heterocycles. The molecule has 5 heteroatoms. The van der Waals surface area contributed by atoms with Crippen LogP contribution in [0.3, 0.4) is 0 Å². The molecule has 2 amide bonds. The van der Waals surface area contributed by atoms with Gasteiger partial charge in [-0.05, 0) is 19.3 Å². The molecule has 0 bridgehead atoms. The van der Waals surface area contributed by atoms with E-state index >= 15 is 0 Å². The molecule has 0 radical (unpaired) electrons. The summed E-state index contributed by atoms with van der Waals surface area (Å²) in [5, 5.41) is 0. The number of nitrogens with zero attached hydrogens (tertiary/aromatic N) is 2. The van der Waals surface area contributed by atoms with Crippen molar-refractivity contribution >= 4 is 11.8 Å². The maximum Gasteiger partial charge on any atom is 0.230 e. The van der Waals surface area contributed by atoms with Gasteiger partial charge >= 0.3 is 0 Å². The Hall–Kier alpha value is -1.10. The van der Waals surface area contributed by atoms with Crippen LogP contribution in [-0.2, 0) is 9.59 Å². The van der Waals surface area contributed by atoms with Crippen LogP contribution < -0.4 is 5.73 Å².